The summed E-state index contributed by atoms with van der Waals surface area (Å²) in [5.41, 5.74) is 5.90. The third-order valence-electron chi connectivity index (χ3n) is 3.93. The van der Waals surface area contributed by atoms with Crippen LogP contribution in [0.15, 0.2) is 0 Å². The fourth-order valence-electron chi connectivity index (χ4n) is 2.72. The van der Waals surface area contributed by atoms with Gasteiger partial charge in [0.1, 0.15) is 0 Å². The van der Waals surface area contributed by atoms with Crippen LogP contribution < -0.4 is 5.73 Å². The Balaban J connectivity index is 1.81. The molecule has 1 atom stereocenters. The Morgan fingerprint density at radius 2 is 1.62 bits per heavy atom. The molecule has 2 aliphatic rings. The van der Waals surface area contributed by atoms with Crippen LogP contribution in [0.4, 0.5) is 4.79 Å². The fourth-order valence-corrected chi connectivity index (χ4v) is 2.72. The number of piperidine rings is 1. The van der Waals surface area contributed by atoms with E-state index < -0.39 is 0 Å². The Morgan fingerprint density at radius 1 is 1.12 bits per heavy atom. The van der Waals surface area contributed by atoms with Crippen molar-refractivity contribution in [1.82, 2.24) is 9.80 Å². The molecule has 0 aliphatic carbocycles. The molecule has 1 unspecified atom stereocenters. The van der Waals surface area contributed by atoms with Crippen molar-refractivity contribution < 1.29 is 4.79 Å². The molecule has 0 aromatic heterocycles. The first kappa shape index (κ1) is 11.7. The van der Waals surface area contributed by atoms with Gasteiger partial charge in [-0.2, -0.15) is 0 Å². The van der Waals surface area contributed by atoms with Gasteiger partial charge in [0.15, 0.2) is 0 Å². The fraction of sp³-hybridized carbons (Fsp3) is 0.917. The maximum Gasteiger partial charge on any atom is 0.319 e. The molecule has 0 radical (unpaired) electrons. The van der Waals surface area contributed by atoms with Crippen molar-refractivity contribution >= 4 is 6.03 Å². The van der Waals surface area contributed by atoms with Crippen molar-refractivity contribution in [3.63, 3.8) is 0 Å². The number of amides is 2. The minimum atomic E-state index is 0.251. The van der Waals surface area contributed by atoms with Crippen LogP contribution in [0.3, 0.4) is 0 Å². The van der Waals surface area contributed by atoms with E-state index in [2.05, 4.69) is 6.92 Å². The Morgan fingerprint density at radius 3 is 2.12 bits per heavy atom. The molecule has 2 aliphatic heterocycles. The first-order valence-corrected chi connectivity index (χ1v) is 6.48. The highest BCUT2D eigenvalue weighted by Crippen LogP contribution is 2.21. The van der Waals surface area contributed by atoms with Gasteiger partial charge in [0.2, 0.25) is 0 Å². The highest BCUT2D eigenvalue weighted by molar-refractivity contribution is 5.74. The number of nitrogens with two attached hydrogens (primary N) is 1. The third kappa shape index (κ3) is 2.48. The summed E-state index contributed by atoms with van der Waals surface area (Å²) in [5.74, 6) is 0.600. The van der Waals surface area contributed by atoms with Gasteiger partial charge in [0, 0.05) is 32.2 Å². The second-order valence-electron chi connectivity index (χ2n) is 5.16. The monoisotopic (exact) mass is 225 g/mol. The minimum absolute atomic E-state index is 0.251. The van der Waals surface area contributed by atoms with E-state index in [-0.39, 0.29) is 12.1 Å². The van der Waals surface area contributed by atoms with E-state index >= 15 is 0 Å². The van der Waals surface area contributed by atoms with E-state index in [0.29, 0.717) is 5.92 Å². The van der Waals surface area contributed by atoms with Crippen LogP contribution in [0.1, 0.15) is 32.6 Å². The van der Waals surface area contributed by atoms with Gasteiger partial charge in [-0.05, 0) is 38.5 Å². The van der Waals surface area contributed by atoms with E-state index in [4.69, 9.17) is 5.73 Å². The van der Waals surface area contributed by atoms with Crippen molar-refractivity contribution in [2.75, 3.05) is 26.2 Å². The number of carbonyl (C=O) groups excluding carboxylic acids is 1. The largest absolute Gasteiger partial charge is 0.328 e. The summed E-state index contributed by atoms with van der Waals surface area (Å²) >= 11 is 0. The maximum atomic E-state index is 12.1. The molecule has 92 valence electrons. The van der Waals surface area contributed by atoms with Crippen LogP contribution in [0, 0.1) is 5.92 Å². The van der Waals surface area contributed by atoms with E-state index in [1.54, 1.807) is 0 Å². The van der Waals surface area contributed by atoms with Crippen LogP contribution in [-0.2, 0) is 0 Å². The van der Waals surface area contributed by atoms with Crippen molar-refractivity contribution in [3.05, 3.63) is 0 Å². The lowest BCUT2D eigenvalue weighted by Gasteiger charge is -2.35. The van der Waals surface area contributed by atoms with Gasteiger partial charge in [0.05, 0.1) is 0 Å². The number of hydrogen-bond acceptors (Lipinski definition) is 2. The van der Waals surface area contributed by atoms with Crippen LogP contribution in [-0.4, -0.2) is 48.1 Å². The molecular weight excluding hydrogens is 202 g/mol. The van der Waals surface area contributed by atoms with Gasteiger partial charge < -0.3 is 15.5 Å². The van der Waals surface area contributed by atoms with Crippen molar-refractivity contribution in [2.45, 2.75) is 38.6 Å². The molecule has 2 amide bonds. The summed E-state index contributed by atoms with van der Waals surface area (Å²) in [6, 6.07) is 0.518. The number of urea groups is 1. The van der Waals surface area contributed by atoms with E-state index in [1.165, 1.54) is 12.8 Å². The third-order valence-corrected chi connectivity index (χ3v) is 3.93. The van der Waals surface area contributed by atoms with Crippen LogP contribution >= 0.6 is 0 Å². The summed E-state index contributed by atoms with van der Waals surface area (Å²) in [4.78, 5) is 16.1. The average Bonchev–Trinajstić information content (AvgIpc) is 2.81. The second-order valence-corrected chi connectivity index (χ2v) is 5.16. The first-order valence-electron chi connectivity index (χ1n) is 6.48. The summed E-state index contributed by atoms with van der Waals surface area (Å²) in [6.45, 7) is 5.75. The molecule has 2 rings (SSSR count). The molecule has 2 N–H and O–H groups in total. The molecule has 16 heavy (non-hydrogen) atoms. The van der Waals surface area contributed by atoms with Gasteiger partial charge in [-0.25, -0.2) is 4.79 Å². The number of hydrogen-bond donors (Lipinski definition) is 1. The lowest BCUT2D eigenvalue weighted by Crippen LogP contribution is -2.47. The summed E-state index contributed by atoms with van der Waals surface area (Å²) in [7, 11) is 0. The molecule has 0 bridgehead atoms. The Bertz CT molecular complexity index is 241. The van der Waals surface area contributed by atoms with Crippen LogP contribution in [0.25, 0.3) is 0 Å². The standard InChI is InChI=1S/C12H23N3O/c1-10(13)11-4-8-15(9-5-11)12(16)14-6-2-3-7-14/h10-11H,2-9,13H2,1H3. The minimum Gasteiger partial charge on any atom is -0.328 e. The van der Waals surface area contributed by atoms with E-state index in [0.717, 1.165) is 39.0 Å². The average molecular weight is 225 g/mol. The van der Waals surface area contributed by atoms with Gasteiger partial charge in [-0.3, -0.25) is 0 Å². The van der Waals surface area contributed by atoms with E-state index in [9.17, 15) is 4.79 Å². The molecule has 4 heteroatoms. The lowest BCUT2D eigenvalue weighted by molar-refractivity contribution is 0.136. The lowest BCUT2D eigenvalue weighted by atomic mass is 9.91. The summed E-state index contributed by atoms with van der Waals surface area (Å²) in [5, 5.41) is 0. The number of nitrogens with zero attached hydrogens (tertiary/aromatic N) is 2. The molecule has 0 aromatic carbocycles. The predicted octanol–water partition coefficient (Wildman–Crippen LogP) is 1.26. The molecule has 4 nitrogen and oxygen atoms in total. The predicted molar refractivity (Wildman–Crippen MR) is 64.1 cm³/mol. The highest BCUT2D eigenvalue weighted by Gasteiger charge is 2.28. The molecule has 2 saturated heterocycles. The molecule has 0 spiro atoms. The van der Waals surface area contributed by atoms with Gasteiger partial charge in [0.25, 0.3) is 0 Å². The Labute approximate surface area is 97.8 Å². The topological polar surface area (TPSA) is 49.6 Å². The van der Waals surface area contributed by atoms with Gasteiger partial charge in [-0.15, -0.1) is 0 Å². The van der Waals surface area contributed by atoms with Crippen LogP contribution in [0.5, 0.6) is 0 Å². The molecule has 0 saturated carbocycles. The van der Waals surface area contributed by atoms with Crippen molar-refractivity contribution in [1.29, 1.82) is 0 Å². The Hall–Kier alpha value is -0.770. The normalized spacial score (nSPS) is 24.9. The second kappa shape index (κ2) is 5.04. The Kier molecular flexibility index (Phi) is 3.69. The molecule has 2 heterocycles. The quantitative estimate of drug-likeness (QED) is 0.730. The van der Waals surface area contributed by atoms with E-state index in [1.807, 2.05) is 9.80 Å². The maximum absolute atomic E-state index is 12.1. The number of carbonyl (C=O) groups is 1. The zero-order valence-corrected chi connectivity index (χ0v) is 10.2. The van der Waals surface area contributed by atoms with Crippen molar-refractivity contribution in [2.24, 2.45) is 11.7 Å². The summed E-state index contributed by atoms with van der Waals surface area (Å²) < 4.78 is 0. The van der Waals surface area contributed by atoms with Gasteiger partial charge >= 0.3 is 6.03 Å². The smallest absolute Gasteiger partial charge is 0.319 e. The highest BCUT2D eigenvalue weighted by atomic mass is 16.2. The molecular formula is C12H23N3O. The zero-order chi connectivity index (χ0) is 11.5. The zero-order valence-electron chi connectivity index (χ0n) is 10.2. The number of likely N-dealkylation sites (tertiary alicyclic amines) is 2. The van der Waals surface area contributed by atoms with Crippen molar-refractivity contribution in [3.8, 4) is 0 Å². The van der Waals surface area contributed by atoms with Crippen LogP contribution in [0.2, 0.25) is 0 Å². The molecule has 2 fully saturated rings. The number of rotatable bonds is 1. The molecule has 0 aromatic rings. The van der Waals surface area contributed by atoms with Gasteiger partial charge in [-0.1, -0.05) is 0 Å². The first-order chi connectivity index (χ1) is 7.68. The summed E-state index contributed by atoms with van der Waals surface area (Å²) in [6.07, 6.45) is 4.47. The SMILES string of the molecule is CC(N)C1CCN(C(=O)N2CCCC2)CC1.